The third kappa shape index (κ3) is 3.18. The Bertz CT molecular complexity index is 1440. The van der Waals surface area contributed by atoms with Gasteiger partial charge in [0, 0.05) is 29.5 Å². The van der Waals surface area contributed by atoms with Crippen LogP contribution in [0.2, 0.25) is 0 Å². The number of amides is 2. The average Bonchev–Trinajstić information content (AvgIpc) is 3.34. The van der Waals surface area contributed by atoms with Crippen molar-refractivity contribution < 1.29 is 44.0 Å². The minimum atomic E-state index is -2.71. The van der Waals surface area contributed by atoms with Crippen LogP contribution >= 0.6 is 11.3 Å². The number of phenols is 1. The molecule has 1 unspecified atom stereocenters. The maximum Gasteiger partial charge on any atom is 0.265 e. The number of carbonyl (C=O) groups is 4. The molecule has 0 spiro atoms. The number of halogens is 1. The molecule has 36 heavy (non-hydrogen) atoms. The fourth-order valence-corrected chi connectivity index (χ4v) is 5.95. The fourth-order valence-electron chi connectivity index (χ4n) is 5.33. The van der Waals surface area contributed by atoms with E-state index in [1.165, 1.54) is 6.07 Å². The number of phenolic OH excluding ortho intramolecular Hbond substituents is 1. The molecule has 0 aliphatic heterocycles. The number of fused-ring (bicyclic) bond motifs is 3. The van der Waals surface area contributed by atoms with Crippen molar-refractivity contribution in [1.29, 1.82) is 0 Å². The second kappa shape index (κ2) is 8.00. The zero-order valence-electron chi connectivity index (χ0n) is 18.4. The van der Waals surface area contributed by atoms with Crippen molar-refractivity contribution in [2.24, 2.45) is 17.6 Å². The molecule has 10 nitrogen and oxygen atoms in total. The minimum absolute atomic E-state index is 0.111. The Morgan fingerprint density at radius 1 is 1.19 bits per heavy atom. The van der Waals surface area contributed by atoms with Gasteiger partial charge >= 0.3 is 0 Å². The van der Waals surface area contributed by atoms with E-state index in [2.05, 4.69) is 5.32 Å². The van der Waals surface area contributed by atoms with Crippen LogP contribution in [0.5, 0.6) is 5.75 Å². The SMILES string of the molecule is NC(=O)C1=C(O)[C@@]2(O)C(=O)C3=C(O)c4c(O)c(NC(=O)c5cccs5)cc(F)c4CC3C[C@H]2CC1=O. The first-order valence-electron chi connectivity index (χ1n) is 10.8. The van der Waals surface area contributed by atoms with Crippen LogP contribution in [0, 0.1) is 17.7 Å². The highest BCUT2D eigenvalue weighted by atomic mass is 32.1. The van der Waals surface area contributed by atoms with Crippen LogP contribution in [0.3, 0.4) is 0 Å². The Balaban J connectivity index is 1.63. The Hall–Kier alpha value is -4.03. The lowest BCUT2D eigenvalue weighted by molar-refractivity contribution is -0.147. The summed E-state index contributed by atoms with van der Waals surface area (Å²) in [5.74, 6) is -9.58. The monoisotopic (exact) mass is 514 g/mol. The van der Waals surface area contributed by atoms with Gasteiger partial charge in [0.05, 0.1) is 16.1 Å². The summed E-state index contributed by atoms with van der Waals surface area (Å²) in [5, 5.41) is 47.7. The van der Waals surface area contributed by atoms with Gasteiger partial charge in [-0.15, -0.1) is 11.3 Å². The van der Waals surface area contributed by atoms with E-state index in [0.29, 0.717) is 0 Å². The molecular formula is C24H19FN2O8S. The number of thiophene rings is 1. The molecule has 1 saturated carbocycles. The molecule has 12 heteroatoms. The van der Waals surface area contributed by atoms with Crippen molar-refractivity contribution in [2.45, 2.75) is 24.9 Å². The fraction of sp³-hybridized carbons (Fsp3) is 0.250. The second-order valence-electron chi connectivity index (χ2n) is 8.95. The number of aliphatic hydroxyl groups is 3. The van der Waals surface area contributed by atoms with Crippen molar-refractivity contribution in [1.82, 2.24) is 0 Å². The molecule has 186 valence electrons. The summed E-state index contributed by atoms with van der Waals surface area (Å²) < 4.78 is 15.1. The van der Waals surface area contributed by atoms with Gasteiger partial charge < -0.3 is 31.5 Å². The predicted octanol–water partition coefficient (Wildman–Crippen LogP) is 1.88. The zero-order chi connectivity index (χ0) is 26.1. The predicted molar refractivity (Wildman–Crippen MR) is 124 cm³/mol. The molecule has 1 fully saturated rings. The van der Waals surface area contributed by atoms with Gasteiger partial charge in [-0.2, -0.15) is 0 Å². The summed E-state index contributed by atoms with van der Waals surface area (Å²) in [6.07, 6.45) is -0.754. The number of aromatic hydroxyl groups is 1. The standard InChI is InChI=1S/C24H19FN2O8S/c25-11-7-12(27-23(34)14-2-1-3-36-14)18(29)16-10(11)5-8-4-9-6-13(28)17(22(26)33)21(32)24(9,35)20(31)15(8)19(16)30/h1-3,7-9,29-30,32,35H,4-6H2,(H2,26,33)(H,27,34)/t8?,9-,24-/m0/s1. The van der Waals surface area contributed by atoms with Crippen molar-refractivity contribution in [2.75, 3.05) is 5.32 Å². The van der Waals surface area contributed by atoms with E-state index in [1.807, 2.05) is 0 Å². The number of benzene rings is 1. The van der Waals surface area contributed by atoms with Crippen LogP contribution in [-0.4, -0.2) is 49.4 Å². The molecule has 7 N–H and O–H groups in total. The molecular weight excluding hydrogens is 495 g/mol. The quantitative estimate of drug-likeness (QED) is 0.264. The van der Waals surface area contributed by atoms with E-state index in [4.69, 9.17) is 5.73 Å². The van der Waals surface area contributed by atoms with Crippen LogP contribution in [-0.2, 0) is 20.8 Å². The summed E-state index contributed by atoms with van der Waals surface area (Å²) >= 11 is 1.11. The third-order valence-corrected chi connectivity index (χ3v) is 7.87. The summed E-state index contributed by atoms with van der Waals surface area (Å²) in [5.41, 5.74) is 0.231. The first-order chi connectivity index (χ1) is 17.0. The van der Waals surface area contributed by atoms with Crippen LogP contribution in [0.25, 0.3) is 5.76 Å². The van der Waals surface area contributed by atoms with Gasteiger partial charge in [-0.1, -0.05) is 6.07 Å². The highest BCUT2D eigenvalue weighted by Gasteiger charge is 2.60. The number of primary amides is 1. The molecule has 0 bridgehead atoms. The van der Waals surface area contributed by atoms with E-state index in [1.54, 1.807) is 11.4 Å². The Kier molecular flexibility index (Phi) is 5.27. The molecule has 3 aliphatic rings. The van der Waals surface area contributed by atoms with Crippen LogP contribution in [0.4, 0.5) is 10.1 Å². The molecule has 3 aliphatic carbocycles. The number of carbonyl (C=O) groups excluding carboxylic acids is 4. The first-order valence-corrected chi connectivity index (χ1v) is 11.7. The Labute approximate surface area is 206 Å². The zero-order valence-corrected chi connectivity index (χ0v) is 19.2. The molecule has 5 rings (SSSR count). The normalized spacial score (nSPS) is 25.3. The highest BCUT2D eigenvalue weighted by molar-refractivity contribution is 7.12. The van der Waals surface area contributed by atoms with Gasteiger partial charge in [-0.05, 0) is 30.2 Å². The van der Waals surface area contributed by atoms with Gasteiger partial charge in [-0.25, -0.2) is 4.39 Å². The molecule has 2 aromatic rings. The van der Waals surface area contributed by atoms with Gasteiger partial charge in [0.15, 0.2) is 17.1 Å². The number of anilines is 1. The van der Waals surface area contributed by atoms with Gasteiger partial charge in [0.1, 0.15) is 22.9 Å². The van der Waals surface area contributed by atoms with Crippen molar-refractivity contribution in [3.63, 3.8) is 0 Å². The Morgan fingerprint density at radius 3 is 2.56 bits per heavy atom. The number of hydrogen-bond acceptors (Lipinski definition) is 9. The van der Waals surface area contributed by atoms with E-state index in [0.717, 1.165) is 17.4 Å². The van der Waals surface area contributed by atoms with Crippen molar-refractivity contribution in [3.8, 4) is 5.75 Å². The summed E-state index contributed by atoms with van der Waals surface area (Å²) in [6.45, 7) is 0. The molecule has 0 saturated heterocycles. The Morgan fingerprint density at radius 2 is 1.92 bits per heavy atom. The van der Waals surface area contributed by atoms with Crippen molar-refractivity contribution >= 4 is 46.2 Å². The third-order valence-electron chi connectivity index (χ3n) is 7.00. The van der Waals surface area contributed by atoms with Gasteiger partial charge in [0.25, 0.3) is 11.8 Å². The summed E-state index contributed by atoms with van der Waals surface area (Å²) in [6, 6.07) is 4.04. The molecule has 0 radical (unpaired) electrons. The molecule has 3 atom stereocenters. The highest BCUT2D eigenvalue weighted by Crippen LogP contribution is 2.53. The molecule has 1 aromatic heterocycles. The number of aliphatic hydroxyl groups excluding tert-OH is 2. The van der Waals surface area contributed by atoms with Gasteiger partial charge in [0.2, 0.25) is 5.78 Å². The number of nitrogens with one attached hydrogen (secondary N) is 1. The first kappa shape index (κ1) is 23.7. The number of hydrogen-bond donors (Lipinski definition) is 6. The average molecular weight is 514 g/mol. The van der Waals surface area contributed by atoms with Crippen LogP contribution in [0.1, 0.15) is 33.6 Å². The number of ketones is 2. The maximum atomic E-state index is 15.1. The lowest BCUT2D eigenvalue weighted by atomic mass is 9.59. The van der Waals surface area contributed by atoms with E-state index < -0.39 is 87.0 Å². The smallest absolute Gasteiger partial charge is 0.265 e. The lowest BCUT2D eigenvalue weighted by Crippen LogP contribution is -2.58. The number of rotatable bonds is 3. The number of Topliss-reactive ketones (excluding diaryl/α,β-unsaturated/α-hetero) is 2. The van der Waals surface area contributed by atoms with E-state index in [9.17, 15) is 39.6 Å². The van der Waals surface area contributed by atoms with Crippen molar-refractivity contribution in [3.05, 3.63) is 62.3 Å². The second-order valence-corrected chi connectivity index (χ2v) is 9.89. The minimum Gasteiger partial charge on any atom is -0.508 e. The largest absolute Gasteiger partial charge is 0.508 e. The van der Waals surface area contributed by atoms with E-state index >= 15 is 4.39 Å². The van der Waals surface area contributed by atoms with Gasteiger partial charge in [-0.3, -0.25) is 19.2 Å². The number of nitrogens with two attached hydrogens (primary N) is 1. The molecule has 2 amide bonds. The maximum absolute atomic E-state index is 15.1. The summed E-state index contributed by atoms with van der Waals surface area (Å²) in [7, 11) is 0. The topological polar surface area (TPSA) is 187 Å². The molecule has 1 aromatic carbocycles. The van der Waals surface area contributed by atoms with E-state index in [-0.39, 0.29) is 29.0 Å². The molecule has 1 heterocycles. The van der Waals surface area contributed by atoms with Crippen LogP contribution in [0.15, 0.2) is 40.5 Å². The van der Waals surface area contributed by atoms with Crippen LogP contribution < -0.4 is 11.1 Å². The summed E-state index contributed by atoms with van der Waals surface area (Å²) in [4.78, 5) is 50.2. The lowest BCUT2D eigenvalue weighted by Gasteiger charge is -2.46.